The zero-order chi connectivity index (χ0) is 24.2. The van der Waals surface area contributed by atoms with Gasteiger partial charge in [0, 0.05) is 6.54 Å². The van der Waals surface area contributed by atoms with E-state index in [9.17, 15) is 9.90 Å². The van der Waals surface area contributed by atoms with Gasteiger partial charge < -0.3 is 19.7 Å². The second-order valence-corrected chi connectivity index (χ2v) is 8.58. The summed E-state index contributed by atoms with van der Waals surface area (Å²) >= 11 is 0. The van der Waals surface area contributed by atoms with Crippen LogP contribution in [0.1, 0.15) is 50.9 Å². The number of imidazole rings is 1. The molecule has 0 radical (unpaired) electrons. The van der Waals surface area contributed by atoms with E-state index in [1.807, 2.05) is 48.7 Å². The van der Waals surface area contributed by atoms with Crippen LogP contribution in [0.2, 0.25) is 0 Å². The number of hydrogen-bond donors (Lipinski definition) is 2. The summed E-state index contributed by atoms with van der Waals surface area (Å²) in [6.45, 7) is 9.44. The minimum atomic E-state index is -0.940. The SMILES string of the molecule is CCc1c(C(=O)O)cc2c(nc(C)n2COCc2ccccc2)c1NCc1c(C)cccc1C. The molecule has 6 heteroatoms. The number of benzene rings is 3. The highest BCUT2D eigenvalue weighted by molar-refractivity contribution is 6.01. The van der Waals surface area contributed by atoms with Crippen molar-refractivity contribution in [2.24, 2.45) is 0 Å². The van der Waals surface area contributed by atoms with Crippen LogP contribution in [0.5, 0.6) is 0 Å². The highest BCUT2D eigenvalue weighted by atomic mass is 16.5. The number of ether oxygens (including phenoxy) is 1. The van der Waals surface area contributed by atoms with E-state index in [1.165, 1.54) is 16.7 Å². The van der Waals surface area contributed by atoms with E-state index in [4.69, 9.17) is 9.72 Å². The Kier molecular flexibility index (Phi) is 6.98. The van der Waals surface area contributed by atoms with Gasteiger partial charge in [0.15, 0.2) is 0 Å². The van der Waals surface area contributed by atoms with E-state index < -0.39 is 5.97 Å². The topological polar surface area (TPSA) is 76.4 Å². The van der Waals surface area contributed by atoms with Crippen LogP contribution in [0.15, 0.2) is 54.6 Å². The number of carboxylic acids is 1. The molecule has 0 bridgehead atoms. The van der Waals surface area contributed by atoms with Crippen LogP contribution in [0.3, 0.4) is 0 Å². The Balaban J connectivity index is 1.73. The molecule has 2 N–H and O–H groups in total. The average Bonchev–Trinajstić information content (AvgIpc) is 3.13. The lowest BCUT2D eigenvalue weighted by molar-refractivity contribution is 0.0650. The summed E-state index contributed by atoms with van der Waals surface area (Å²) in [5.74, 6) is -0.160. The maximum atomic E-state index is 12.2. The number of nitrogens with zero attached hydrogens (tertiary/aromatic N) is 2. The van der Waals surface area contributed by atoms with Crippen LogP contribution in [0, 0.1) is 20.8 Å². The Hall–Kier alpha value is -3.64. The number of hydrogen-bond acceptors (Lipinski definition) is 4. The molecule has 0 atom stereocenters. The Bertz CT molecular complexity index is 1310. The minimum absolute atomic E-state index is 0.290. The second kappa shape index (κ2) is 10.1. The molecule has 1 aromatic heterocycles. The predicted octanol–water partition coefficient (Wildman–Crippen LogP) is 6.01. The molecule has 0 saturated heterocycles. The minimum Gasteiger partial charge on any atom is -0.478 e. The summed E-state index contributed by atoms with van der Waals surface area (Å²) in [7, 11) is 0. The van der Waals surface area contributed by atoms with Crippen molar-refractivity contribution in [3.63, 3.8) is 0 Å². The molecule has 0 aliphatic carbocycles. The van der Waals surface area contributed by atoms with Gasteiger partial charge in [0.2, 0.25) is 0 Å². The molecule has 0 amide bonds. The third-order valence-corrected chi connectivity index (χ3v) is 6.34. The predicted molar refractivity (Wildman–Crippen MR) is 135 cm³/mol. The van der Waals surface area contributed by atoms with E-state index in [2.05, 4.69) is 37.4 Å². The first-order chi connectivity index (χ1) is 16.4. The Morgan fingerprint density at radius 2 is 1.74 bits per heavy atom. The number of aryl methyl sites for hydroxylation is 3. The fraction of sp³-hybridized carbons (Fsp3) is 0.286. The molecule has 0 aliphatic rings. The molecule has 0 fully saturated rings. The first-order valence-electron chi connectivity index (χ1n) is 11.6. The highest BCUT2D eigenvalue weighted by Crippen LogP contribution is 2.33. The maximum absolute atomic E-state index is 12.2. The largest absolute Gasteiger partial charge is 0.478 e. The molecule has 0 spiro atoms. The molecule has 0 aliphatic heterocycles. The van der Waals surface area contributed by atoms with E-state index >= 15 is 0 Å². The molecular weight excluding hydrogens is 426 g/mol. The third-order valence-electron chi connectivity index (χ3n) is 6.34. The maximum Gasteiger partial charge on any atom is 0.336 e. The van der Waals surface area contributed by atoms with Crippen molar-refractivity contribution >= 4 is 22.7 Å². The summed E-state index contributed by atoms with van der Waals surface area (Å²) in [5.41, 5.74) is 8.06. The molecule has 0 unspecified atom stereocenters. The van der Waals surface area contributed by atoms with Gasteiger partial charge in [0.1, 0.15) is 18.1 Å². The number of aromatic nitrogens is 2. The Morgan fingerprint density at radius 3 is 2.38 bits per heavy atom. The molecule has 4 rings (SSSR count). The number of fused-ring (bicyclic) bond motifs is 1. The van der Waals surface area contributed by atoms with Gasteiger partial charge in [0.25, 0.3) is 0 Å². The number of anilines is 1. The van der Waals surface area contributed by atoms with E-state index in [-0.39, 0.29) is 6.73 Å². The Morgan fingerprint density at radius 1 is 1.03 bits per heavy atom. The van der Waals surface area contributed by atoms with Crippen molar-refractivity contribution in [1.29, 1.82) is 0 Å². The summed E-state index contributed by atoms with van der Waals surface area (Å²) in [4.78, 5) is 17.0. The van der Waals surface area contributed by atoms with Crippen LogP contribution in [-0.4, -0.2) is 20.6 Å². The Labute approximate surface area is 200 Å². The van der Waals surface area contributed by atoms with Crippen molar-refractivity contribution in [2.45, 2.75) is 54.0 Å². The van der Waals surface area contributed by atoms with Gasteiger partial charge in [-0.05, 0) is 61.1 Å². The van der Waals surface area contributed by atoms with Gasteiger partial charge in [-0.15, -0.1) is 0 Å². The van der Waals surface area contributed by atoms with Crippen molar-refractivity contribution in [3.8, 4) is 0 Å². The van der Waals surface area contributed by atoms with Crippen molar-refractivity contribution in [2.75, 3.05) is 5.32 Å². The van der Waals surface area contributed by atoms with E-state index in [0.29, 0.717) is 25.1 Å². The van der Waals surface area contributed by atoms with Gasteiger partial charge >= 0.3 is 5.97 Å². The number of carboxylic acid groups (broad SMARTS) is 1. The zero-order valence-electron chi connectivity index (χ0n) is 20.2. The molecule has 6 nitrogen and oxygen atoms in total. The first-order valence-corrected chi connectivity index (χ1v) is 11.6. The number of nitrogens with one attached hydrogen (secondary N) is 1. The lowest BCUT2D eigenvalue weighted by atomic mass is 9.99. The van der Waals surface area contributed by atoms with Crippen molar-refractivity contribution in [3.05, 3.63) is 93.8 Å². The van der Waals surface area contributed by atoms with E-state index in [0.717, 1.165) is 33.7 Å². The third kappa shape index (κ3) is 4.68. The summed E-state index contributed by atoms with van der Waals surface area (Å²) < 4.78 is 7.90. The monoisotopic (exact) mass is 457 g/mol. The quantitative estimate of drug-likeness (QED) is 0.322. The molecule has 0 saturated carbocycles. The number of rotatable bonds is 9. The smallest absolute Gasteiger partial charge is 0.336 e. The lowest BCUT2D eigenvalue weighted by Gasteiger charge is -2.17. The average molecular weight is 458 g/mol. The van der Waals surface area contributed by atoms with Gasteiger partial charge in [-0.1, -0.05) is 55.5 Å². The fourth-order valence-electron chi connectivity index (χ4n) is 4.46. The van der Waals surface area contributed by atoms with Crippen LogP contribution in [0.4, 0.5) is 5.69 Å². The number of aromatic carboxylic acids is 1. The van der Waals surface area contributed by atoms with Crippen molar-refractivity contribution < 1.29 is 14.6 Å². The van der Waals surface area contributed by atoms with Gasteiger partial charge in [0.05, 0.1) is 23.4 Å². The van der Waals surface area contributed by atoms with E-state index in [1.54, 1.807) is 6.07 Å². The van der Waals surface area contributed by atoms with Crippen LogP contribution >= 0.6 is 0 Å². The molecule has 4 aromatic rings. The molecule has 1 heterocycles. The summed E-state index contributed by atoms with van der Waals surface area (Å²) in [5, 5.41) is 13.5. The van der Waals surface area contributed by atoms with Crippen LogP contribution < -0.4 is 5.32 Å². The number of carbonyl (C=O) groups is 1. The fourth-order valence-corrected chi connectivity index (χ4v) is 4.46. The van der Waals surface area contributed by atoms with Gasteiger partial charge in [-0.25, -0.2) is 9.78 Å². The molecule has 3 aromatic carbocycles. The molecular formula is C28H31N3O3. The van der Waals surface area contributed by atoms with Gasteiger partial charge in [-0.2, -0.15) is 0 Å². The van der Waals surface area contributed by atoms with Crippen LogP contribution in [-0.2, 0) is 31.0 Å². The first kappa shape index (κ1) is 23.5. The van der Waals surface area contributed by atoms with Crippen LogP contribution in [0.25, 0.3) is 11.0 Å². The summed E-state index contributed by atoms with van der Waals surface area (Å²) in [6, 6.07) is 17.9. The normalized spacial score (nSPS) is 11.2. The van der Waals surface area contributed by atoms with Crippen molar-refractivity contribution in [1.82, 2.24) is 9.55 Å². The second-order valence-electron chi connectivity index (χ2n) is 8.58. The zero-order valence-corrected chi connectivity index (χ0v) is 20.2. The molecule has 34 heavy (non-hydrogen) atoms. The summed E-state index contributed by atoms with van der Waals surface area (Å²) in [6.07, 6.45) is 0.586. The lowest BCUT2D eigenvalue weighted by Crippen LogP contribution is -2.11. The highest BCUT2D eigenvalue weighted by Gasteiger charge is 2.21. The molecule has 176 valence electrons. The van der Waals surface area contributed by atoms with Gasteiger partial charge in [-0.3, -0.25) is 0 Å². The standard InChI is InChI=1S/C28H31N3O3/c1-5-22-23(28(32)33)14-25-27(26(22)29-15-24-18(2)10-9-11-19(24)3)30-20(4)31(25)17-34-16-21-12-7-6-8-13-21/h6-14,29H,5,15-17H2,1-4H3,(H,32,33).